The molecule has 0 aliphatic rings. The Morgan fingerprint density at radius 1 is 1.26 bits per heavy atom. The molecule has 1 aromatic rings. The first-order chi connectivity index (χ1) is 12.9. The Bertz CT molecular complexity index is 634. The van der Waals surface area contributed by atoms with E-state index in [0.29, 0.717) is 44.7 Å². The molecule has 0 aromatic heterocycles. The molecular weight excluding hydrogens is 482 g/mol. The standard InChI is InChI=1S/C17H25Br2N5O3/c18-12-8-11(9-13(19)16(12)27-7-3-5-20)10-14(24-26)17(25)23-6-2-1-4-15(21)22/h8-9,14H,1-7,10,20H2,(H3,21,22)(H,23,25). The van der Waals surface area contributed by atoms with Crippen molar-refractivity contribution >= 4 is 43.6 Å². The minimum atomic E-state index is -1.01. The maximum absolute atomic E-state index is 12.2. The van der Waals surface area contributed by atoms with E-state index in [2.05, 4.69) is 42.4 Å². The highest BCUT2D eigenvalue weighted by molar-refractivity contribution is 9.11. The highest BCUT2D eigenvalue weighted by Crippen LogP contribution is 2.35. The van der Waals surface area contributed by atoms with E-state index < -0.39 is 11.9 Å². The Morgan fingerprint density at radius 3 is 2.48 bits per heavy atom. The quantitative estimate of drug-likeness (QED) is 0.141. The highest BCUT2D eigenvalue weighted by Gasteiger charge is 2.20. The normalized spacial score (nSPS) is 11.7. The first-order valence-corrected chi connectivity index (χ1v) is 10.2. The minimum Gasteiger partial charge on any atom is -0.491 e. The van der Waals surface area contributed by atoms with Gasteiger partial charge < -0.3 is 21.5 Å². The number of unbranched alkanes of at least 4 members (excludes halogenated alkanes) is 1. The van der Waals surface area contributed by atoms with Crippen molar-refractivity contribution in [3.63, 3.8) is 0 Å². The van der Waals surface area contributed by atoms with Crippen LogP contribution in [0.4, 0.5) is 0 Å². The Balaban J connectivity index is 2.61. The van der Waals surface area contributed by atoms with Crippen LogP contribution >= 0.6 is 31.9 Å². The third-order valence-corrected chi connectivity index (χ3v) is 4.86. The molecule has 0 radical (unpaired) electrons. The second-order valence-corrected chi connectivity index (χ2v) is 7.69. The number of ether oxygens (including phenoxy) is 1. The lowest BCUT2D eigenvalue weighted by Gasteiger charge is -2.14. The van der Waals surface area contributed by atoms with Crippen molar-refractivity contribution in [3.05, 3.63) is 31.5 Å². The molecule has 0 saturated carbocycles. The Hall–Kier alpha value is -1.52. The van der Waals surface area contributed by atoms with Gasteiger partial charge in [-0.3, -0.25) is 10.2 Å². The van der Waals surface area contributed by atoms with Crippen LogP contribution in [0, 0.1) is 10.3 Å². The first kappa shape index (κ1) is 23.5. The zero-order valence-corrected chi connectivity index (χ0v) is 18.1. The highest BCUT2D eigenvalue weighted by atomic mass is 79.9. The summed E-state index contributed by atoms with van der Waals surface area (Å²) in [6, 6.07) is 2.60. The predicted molar refractivity (Wildman–Crippen MR) is 113 cm³/mol. The summed E-state index contributed by atoms with van der Waals surface area (Å²) in [4.78, 5) is 23.3. The number of amides is 1. The monoisotopic (exact) mass is 505 g/mol. The first-order valence-electron chi connectivity index (χ1n) is 8.62. The molecule has 0 heterocycles. The molecule has 0 bridgehead atoms. The summed E-state index contributed by atoms with van der Waals surface area (Å²) >= 11 is 6.89. The van der Waals surface area contributed by atoms with Gasteiger partial charge in [0.1, 0.15) is 5.75 Å². The van der Waals surface area contributed by atoms with Crippen LogP contribution in [0.15, 0.2) is 26.3 Å². The van der Waals surface area contributed by atoms with Crippen LogP contribution in [-0.4, -0.2) is 37.5 Å². The number of nitrogens with two attached hydrogens (primary N) is 2. The molecule has 0 fully saturated rings. The molecule has 27 heavy (non-hydrogen) atoms. The molecule has 0 saturated heterocycles. The number of hydrogen-bond acceptors (Lipinski definition) is 6. The number of nitrogens with zero attached hydrogens (tertiary/aromatic N) is 1. The van der Waals surface area contributed by atoms with Crippen LogP contribution in [0.25, 0.3) is 0 Å². The zero-order valence-electron chi connectivity index (χ0n) is 15.0. The molecule has 0 spiro atoms. The number of carbonyl (C=O) groups excluding carboxylic acids is 1. The van der Waals surface area contributed by atoms with Gasteiger partial charge in [-0.25, -0.2) is 0 Å². The SMILES string of the molecule is N=C(N)CCCCNC(=O)C(Cc1cc(Br)c(OCCCN)c(Br)c1)N=O. The molecular formula is C17H25Br2N5O3. The fourth-order valence-electron chi connectivity index (χ4n) is 2.30. The van der Waals surface area contributed by atoms with Gasteiger partial charge in [-0.15, -0.1) is 4.91 Å². The van der Waals surface area contributed by atoms with Crippen LogP contribution in [0.2, 0.25) is 0 Å². The lowest BCUT2D eigenvalue weighted by molar-refractivity contribution is -0.122. The van der Waals surface area contributed by atoms with Crippen LogP contribution in [-0.2, 0) is 11.2 Å². The summed E-state index contributed by atoms with van der Waals surface area (Å²) < 4.78 is 7.11. The summed E-state index contributed by atoms with van der Waals surface area (Å²) in [6.45, 7) is 1.46. The van der Waals surface area contributed by atoms with E-state index in [-0.39, 0.29) is 12.3 Å². The van der Waals surface area contributed by atoms with E-state index in [0.717, 1.165) is 20.9 Å². The molecule has 1 amide bonds. The van der Waals surface area contributed by atoms with E-state index in [1.807, 2.05) is 0 Å². The van der Waals surface area contributed by atoms with E-state index in [4.69, 9.17) is 21.6 Å². The topological polar surface area (TPSA) is 144 Å². The number of nitrogens with one attached hydrogen (secondary N) is 2. The van der Waals surface area contributed by atoms with Crippen molar-refractivity contribution < 1.29 is 9.53 Å². The molecule has 8 nitrogen and oxygen atoms in total. The van der Waals surface area contributed by atoms with Crippen molar-refractivity contribution in [2.24, 2.45) is 16.6 Å². The van der Waals surface area contributed by atoms with Crippen LogP contribution in [0.3, 0.4) is 0 Å². The second-order valence-electron chi connectivity index (χ2n) is 5.98. The molecule has 1 atom stereocenters. The Labute approximate surface area is 175 Å². The maximum atomic E-state index is 12.2. The maximum Gasteiger partial charge on any atom is 0.248 e. The number of rotatable bonds is 13. The van der Waals surface area contributed by atoms with Crippen molar-refractivity contribution in [3.8, 4) is 5.75 Å². The van der Waals surface area contributed by atoms with Gasteiger partial charge in [-0.1, -0.05) is 5.18 Å². The fourth-order valence-corrected chi connectivity index (χ4v) is 3.81. The summed E-state index contributed by atoms with van der Waals surface area (Å²) in [7, 11) is 0. The van der Waals surface area contributed by atoms with E-state index >= 15 is 0 Å². The van der Waals surface area contributed by atoms with Gasteiger partial charge in [0, 0.05) is 19.4 Å². The van der Waals surface area contributed by atoms with Crippen LogP contribution < -0.4 is 21.5 Å². The van der Waals surface area contributed by atoms with E-state index in [1.54, 1.807) is 12.1 Å². The average Bonchev–Trinajstić information content (AvgIpc) is 2.61. The zero-order chi connectivity index (χ0) is 20.2. The van der Waals surface area contributed by atoms with Crippen molar-refractivity contribution in [1.29, 1.82) is 5.41 Å². The molecule has 1 unspecified atom stereocenters. The lowest BCUT2D eigenvalue weighted by Crippen LogP contribution is -2.35. The molecule has 150 valence electrons. The molecule has 10 heteroatoms. The van der Waals surface area contributed by atoms with Gasteiger partial charge in [-0.05, 0) is 75.4 Å². The van der Waals surface area contributed by atoms with Gasteiger partial charge in [-0.2, -0.15) is 0 Å². The van der Waals surface area contributed by atoms with Gasteiger partial charge in [0.15, 0.2) is 6.04 Å². The van der Waals surface area contributed by atoms with Crippen LogP contribution in [0.1, 0.15) is 31.2 Å². The van der Waals surface area contributed by atoms with Gasteiger partial charge in [0.05, 0.1) is 21.4 Å². The average molecular weight is 507 g/mol. The number of hydrogen-bond donors (Lipinski definition) is 4. The molecule has 6 N–H and O–H groups in total. The third kappa shape index (κ3) is 8.81. The number of benzene rings is 1. The Morgan fingerprint density at radius 2 is 1.93 bits per heavy atom. The van der Waals surface area contributed by atoms with Crippen molar-refractivity contribution in [2.45, 2.75) is 38.1 Å². The second kappa shape index (κ2) is 12.8. The molecule has 1 aromatic carbocycles. The number of carbonyl (C=O) groups is 1. The summed E-state index contributed by atoms with van der Waals surface area (Å²) in [6.07, 6.45) is 2.81. The number of halogens is 2. The summed E-state index contributed by atoms with van der Waals surface area (Å²) in [5.41, 5.74) is 11.5. The largest absolute Gasteiger partial charge is 0.491 e. The third-order valence-electron chi connectivity index (χ3n) is 3.68. The van der Waals surface area contributed by atoms with Crippen LogP contribution in [0.5, 0.6) is 5.75 Å². The number of nitroso groups, excluding NO2 is 1. The van der Waals surface area contributed by atoms with Crippen molar-refractivity contribution in [1.82, 2.24) is 5.32 Å². The summed E-state index contributed by atoms with van der Waals surface area (Å²) in [5.74, 6) is 0.362. The predicted octanol–water partition coefficient (Wildman–Crippen LogP) is 2.84. The molecule has 0 aliphatic heterocycles. The van der Waals surface area contributed by atoms with Gasteiger partial charge >= 0.3 is 0 Å². The smallest absolute Gasteiger partial charge is 0.248 e. The summed E-state index contributed by atoms with van der Waals surface area (Å²) in [5, 5.41) is 12.8. The lowest BCUT2D eigenvalue weighted by atomic mass is 10.1. The number of amidine groups is 1. The van der Waals surface area contributed by atoms with Gasteiger partial charge in [0.25, 0.3) is 0 Å². The van der Waals surface area contributed by atoms with Gasteiger partial charge in [0.2, 0.25) is 5.91 Å². The van der Waals surface area contributed by atoms with E-state index in [1.165, 1.54) is 0 Å². The molecule has 0 aliphatic carbocycles. The Kier molecular flexibility index (Phi) is 11.1. The van der Waals surface area contributed by atoms with E-state index in [9.17, 15) is 9.70 Å². The fraction of sp³-hybridized carbons (Fsp3) is 0.529. The molecule has 1 rings (SSSR count). The van der Waals surface area contributed by atoms with Crippen molar-refractivity contribution in [2.75, 3.05) is 19.7 Å². The minimum absolute atomic E-state index is 0.125.